The lowest BCUT2D eigenvalue weighted by molar-refractivity contribution is -0.131. The van der Waals surface area contributed by atoms with E-state index in [2.05, 4.69) is 15.5 Å². The van der Waals surface area contributed by atoms with Gasteiger partial charge in [-0.3, -0.25) is 14.5 Å². The Morgan fingerprint density at radius 1 is 1.07 bits per heavy atom. The van der Waals surface area contributed by atoms with Gasteiger partial charge in [0.05, 0.1) is 38.5 Å². The normalized spacial score (nSPS) is 29.5. The molecule has 8 nitrogen and oxygen atoms in total. The number of hydrogen-bond acceptors (Lipinski definition) is 6. The third-order valence-electron chi connectivity index (χ3n) is 6.10. The van der Waals surface area contributed by atoms with Crippen molar-refractivity contribution < 1.29 is 24.2 Å². The molecule has 1 saturated carbocycles. The van der Waals surface area contributed by atoms with E-state index in [1.165, 1.54) is 0 Å². The van der Waals surface area contributed by atoms with Crippen LogP contribution < -0.4 is 10.6 Å². The van der Waals surface area contributed by atoms with Crippen molar-refractivity contribution in [1.82, 2.24) is 15.5 Å². The van der Waals surface area contributed by atoms with Gasteiger partial charge in [-0.15, -0.1) is 0 Å². The van der Waals surface area contributed by atoms with Crippen LogP contribution in [0.2, 0.25) is 0 Å². The molecule has 2 aliphatic heterocycles. The number of carbonyl (C=O) groups is 2. The highest BCUT2D eigenvalue weighted by Crippen LogP contribution is 2.25. The molecule has 2 saturated heterocycles. The van der Waals surface area contributed by atoms with E-state index in [4.69, 9.17) is 9.47 Å². The van der Waals surface area contributed by atoms with Gasteiger partial charge in [-0.25, -0.2) is 0 Å². The quantitative estimate of drug-likeness (QED) is 0.535. The smallest absolute Gasteiger partial charge is 0.234 e. The molecular weight excluding hydrogens is 362 g/mol. The first-order valence-electron chi connectivity index (χ1n) is 10.8. The molecule has 0 bridgehead atoms. The predicted molar refractivity (Wildman–Crippen MR) is 104 cm³/mol. The van der Waals surface area contributed by atoms with Crippen LogP contribution in [0.15, 0.2) is 0 Å². The van der Waals surface area contributed by atoms with Crippen LogP contribution in [-0.2, 0) is 19.1 Å². The Bertz CT molecular complexity index is 506. The molecule has 0 radical (unpaired) electrons. The van der Waals surface area contributed by atoms with Crippen molar-refractivity contribution in [3.63, 3.8) is 0 Å². The van der Waals surface area contributed by atoms with Gasteiger partial charge in [0, 0.05) is 25.6 Å². The molecule has 0 aromatic rings. The van der Waals surface area contributed by atoms with E-state index in [9.17, 15) is 14.7 Å². The number of morpholine rings is 1. The number of aliphatic hydroxyl groups is 1. The zero-order chi connectivity index (χ0) is 19.8. The van der Waals surface area contributed by atoms with Gasteiger partial charge < -0.3 is 25.2 Å². The molecule has 0 aromatic heterocycles. The average molecular weight is 398 g/mol. The SMILES string of the molecule is O=C(CN1CCOCC1)N[C@@H]1CC[C@H](CCNC(=O)C2CCCC2)O[C@H]1CO. The Kier molecular flexibility index (Phi) is 8.51. The minimum absolute atomic E-state index is 0.00780. The molecule has 28 heavy (non-hydrogen) atoms. The fraction of sp³-hybridized carbons (Fsp3) is 0.900. The molecule has 1 aliphatic carbocycles. The van der Waals surface area contributed by atoms with E-state index in [1.807, 2.05) is 0 Å². The van der Waals surface area contributed by atoms with Crippen LogP contribution in [0.3, 0.4) is 0 Å². The summed E-state index contributed by atoms with van der Waals surface area (Å²) in [6, 6.07) is -0.164. The number of carbonyl (C=O) groups excluding carboxylic acids is 2. The van der Waals surface area contributed by atoms with Crippen LogP contribution in [0, 0.1) is 5.92 Å². The summed E-state index contributed by atoms with van der Waals surface area (Å²) in [6.45, 7) is 3.71. The lowest BCUT2D eigenvalue weighted by Gasteiger charge is -2.36. The first-order chi connectivity index (χ1) is 13.7. The summed E-state index contributed by atoms with van der Waals surface area (Å²) >= 11 is 0. The van der Waals surface area contributed by atoms with Gasteiger partial charge in [-0.2, -0.15) is 0 Å². The Morgan fingerprint density at radius 2 is 1.82 bits per heavy atom. The Morgan fingerprint density at radius 3 is 2.54 bits per heavy atom. The van der Waals surface area contributed by atoms with Gasteiger partial charge in [-0.05, 0) is 32.1 Å². The summed E-state index contributed by atoms with van der Waals surface area (Å²) in [6.07, 6.45) is 6.27. The second-order valence-electron chi connectivity index (χ2n) is 8.18. The van der Waals surface area contributed by atoms with Crippen molar-refractivity contribution >= 4 is 11.8 Å². The molecule has 2 amide bonds. The molecule has 3 atom stereocenters. The molecule has 8 heteroatoms. The van der Waals surface area contributed by atoms with E-state index in [-0.39, 0.29) is 36.5 Å². The van der Waals surface area contributed by atoms with E-state index < -0.39 is 6.10 Å². The molecule has 0 aromatic carbocycles. The summed E-state index contributed by atoms with van der Waals surface area (Å²) in [5.41, 5.74) is 0. The number of aliphatic hydroxyl groups excluding tert-OH is 1. The van der Waals surface area contributed by atoms with Crippen molar-refractivity contribution in [2.75, 3.05) is 46.0 Å². The molecule has 160 valence electrons. The van der Waals surface area contributed by atoms with Crippen LogP contribution in [0.25, 0.3) is 0 Å². The Hall–Kier alpha value is -1.22. The first kappa shape index (κ1) is 21.5. The Labute approximate surface area is 167 Å². The van der Waals surface area contributed by atoms with Crippen LogP contribution >= 0.6 is 0 Å². The number of ether oxygens (including phenoxy) is 2. The fourth-order valence-electron chi connectivity index (χ4n) is 4.41. The molecule has 3 fully saturated rings. The van der Waals surface area contributed by atoms with E-state index in [0.29, 0.717) is 26.3 Å². The molecule has 2 heterocycles. The highest BCUT2D eigenvalue weighted by molar-refractivity contribution is 5.79. The summed E-state index contributed by atoms with van der Waals surface area (Å²) in [4.78, 5) is 26.5. The van der Waals surface area contributed by atoms with Gasteiger partial charge in [-0.1, -0.05) is 12.8 Å². The lowest BCUT2D eigenvalue weighted by Crippen LogP contribution is -2.53. The first-order valence-corrected chi connectivity index (χ1v) is 10.8. The summed E-state index contributed by atoms with van der Waals surface area (Å²) in [5, 5.41) is 15.7. The zero-order valence-electron chi connectivity index (χ0n) is 16.7. The van der Waals surface area contributed by atoms with E-state index >= 15 is 0 Å². The third-order valence-corrected chi connectivity index (χ3v) is 6.10. The molecule has 0 unspecified atom stereocenters. The monoisotopic (exact) mass is 397 g/mol. The second-order valence-corrected chi connectivity index (χ2v) is 8.18. The van der Waals surface area contributed by atoms with Gasteiger partial charge in [0.25, 0.3) is 0 Å². The summed E-state index contributed by atoms with van der Waals surface area (Å²) in [7, 11) is 0. The van der Waals surface area contributed by atoms with Crippen LogP contribution in [0.1, 0.15) is 44.9 Å². The highest BCUT2D eigenvalue weighted by atomic mass is 16.5. The standard InChI is InChI=1S/C20H35N3O5/c24-14-18-17(22-19(25)13-23-9-11-27-12-10-23)6-5-16(28-18)7-8-21-20(26)15-3-1-2-4-15/h15-18,24H,1-14H2,(H,21,26)(H,22,25)/t16-,17-,18+/m1/s1. The predicted octanol–water partition coefficient (Wildman–Crippen LogP) is 0.0398. The van der Waals surface area contributed by atoms with Crippen LogP contribution in [0.5, 0.6) is 0 Å². The van der Waals surface area contributed by atoms with Crippen molar-refractivity contribution in [2.45, 2.75) is 63.2 Å². The lowest BCUT2D eigenvalue weighted by atomic mass is 9.97. The number of hydrogen-bond donors (Lipinski definition) is 3. The van der Waals surface area contributed by atoms with E-state index in [1.54, 1.807) is 0 Å². The zero-order valence-corrected chi connectivity index (χ0v) is 16.7. The maximum absolute atomic E-state index is 12.3. The largest absolute Gasteiger partial charge is 0.394 e. The van der Waals surface area contributed by atoms with Gasteiger partial charge in [0.1, 0.15) is 6.10 Å². The molecule has 3 rings (SSSR count). The molecule has 0 spiro atoms. The van der Waals surface area contributed by atoms with Gasteiger partial charge >= 0.3 is 0 Å². The van der Waals surface area contributed by atoms with Crippen LogP contribution in [0.4, 0.5) is 0 Å². The van der Waals surface area contributed by atoms with Gasteiger partial charge in [0.15, 0.2) is 0 Å². The minimum atomic E-state index is -0.391. The van der Waals surface area contributed by atoms with Crippen molar-refractivity contribution in [1.29, 1.82) is 0 Å². The molecular formula is C20H35N3O5. The summed E-state index contributed by atoms with van der Waals surface area (Å²) < 4.78 is 11.3. The van der Waals surface area contributed by atoms with E-state index in [0.717, 1.165) is 58.0 Å². The summed E-state index contributed by atoms with van der Waals surface area (Å²) in [5.74, 6) is 0.319. The van der Waals surface area contributed by atoms with Gasteiger partial charge in [0.2, 0.25) is 11.8 Å². The maximum Gasteiger partial charge on any atom is 0.234 e. The number of amides is 2. The minimum Gasteiger partial charge on any atom is -0.394 e. The number of nitrogens with one attached hydrogen (secondary N) is 2. The topological polar surface area (TPSA) is 100 Å². The van der Waals surface area contributed by atoms with Crippen molar-refractivity contribution in [3.8, 4) is 0 Å². The number of rotatable bonds is 8. The Balaban J connectivity index is 1.35. The van der Waals surface area contributed by atoms with Crippen LogP contribution in [-0.4, -0.2) is 86.1 Å². The number of nitrogens with zero attached hydrogens (tertiary/aromatic N) is 1. The average Bonchev–Trinajstić information content (AvgIpc) is 3.24. The third kappa shape index (κ3) is 6.40. The second kappa shape index (κ2) is 11.1. The van der Waals surface area contributed by atoms with Crippen molar-refractivity contribution in [2.24, 2.45) is 5.92 Å². The fourth-order valence-corrected chi connectivity index (χ4v) is 4.41. The molecule has 3 N–H and O–H groups in total. The molecule has 3 aliphatic rings. The van der Waals surface area contributed by atoms with Crippen molar-refractivity contribution in [3.05, 3.63) is 0 Å². The maximum atomic E-state index is 12.3. The highest BCUT2D eigenvalue weighted by Gasteiger charge is 2.32.